The van der Waals surface area contributed by atoms with E-state index < -0.39 is 11.5 Å². The van der Waals surface area contributed by atoms with Crippen molar-refractivity contribution in [1.29, 1.82) is 0 Å². The smallest absolute Gasteiger partial charge is 0.306 e. The van der Waals surface area contributed by atoms with Gasteiger partial charge in [0.2, 0.25) is 5.91 Å². The Morgan fingerprint density at radius 3 is 2.65 bits per heavy atom. The van der Waals surface area contributed by atoms with Gasteiger partial charge in [-0.05, 0) is 44.9 Å². The third-order valence-electron chi connectivity index (χ3n) is 4.41. The molecule has 0 saturated carbocycles. The Morgan fingerprint density at radius 2 is 2.08 bits per heavy atom. The predicted octanol–water partition coefficient (Wildman–Crippen LogP) is 2.74. The van der Waals surface area contributed by atoms with Crippen LogP contribution in [0.25, 0.3) is 0 Å². The second-order valence-corrected chi connectivity index (χ2v) is 6.49. The molecular weight excluding hydrogens is 336 g/mol. The van der Waals surface area contributed by atoms with Crippen LogP contribution in [0.1, 0.15) is 42.3 Å². The van der Waals surface area contributed by atoms with E-state index in [9.17, 15) is 14.7 Å². The molecule has 2 rings (SSSR count). The molecule has 1 unspecified atom stereocenters. The van der Waals surface area contributed by atoms with Crippen LogP contribution in [0.5, 0.6) is 5.75 Å². The first kappa shape index (κ1) is 19.5. The fraction of sp³-hybridized carbons (Fsp3) is 0.421. The van der Waals surface area contributed by atoms with E-state index in [-0.39, 0.29) is 18.7 Å². The Balaban J connectivity index is 2.16. The second-order valence-electron chi connectivity index (χ2n) is 6.49. The number of carbonyl (C=O) groups is 2. The number of aliphatic carboxylic acids is 1. The quantitative estimate of drug-likeness (QED) is 0.750. The molecule has 0 fully saturated rings. The van der Waals surface area contributed by atoms with Crippen LogP contribution in [0.3, 0.4) is 0 Å². The minimum absolute atomic E-state index is 0.210. The zero-order valence-electron chi connectivity index (χ0n) is 15.5. The Labute approximate surface area is 152 Å². The summed E-state index contributed by atoms with van der Waals surface area (Å²) in [5.41, 5.74) is 1.29. The Bertz CT molecular complexity index is 779. The maximum atomic E-state index is 12.5. The maximum absolute atomic E-state index is 12.5. The van der Waals surface area contributed by atoms with Crippen LogP contribution >= 0.6 is 0 Å². The van der Waals surface area contributed by atoms with Crippen molar-refractivity contribution in [3.05, 3.63) is 46.8 Å². The van der Waals surface area contributed by atoms with Gasteiger partial charge in [-0.3, -0.25) is 9.59 Å². The molecule has 2 aromatic rings. The molecule has 1 amide bonds. The van der Waals surface area contributed by atoms with Crippen molar-refractivity contribution in [2.24, 2.45) is 0 Å². The molecular formula is C19H24N2O5. The van der Waals surface area contributed by atoms with E-state index >= 15 is 0 Å². The van der Waals surface area contributed by atoms with Crippen LogP contribution in [-0.2, 0) is 21.5 Å². The number of methoxy groups -OCH3 is 1. The average molecular weight is 360 g/mol. The number of nitrogens with zero attached hydrogens (tertiary/aromatic N) is 1. The molecule has 0 saturated heterocycles. The zero-order valence-corrected chi connectivity index (χ0v) is 15.5. The lowest BCUT2D eigenvalue weighted by molar-refractivity contribution is -0.139. The Hall–Kier alpha value is -2.83. The summed E-state index contributed by atoms with van der Waals surface area (Å²) in [6.07, 6.45) is 0.452. The van der Waals surface area contributed by atoms with Crippen molar-refractivity contribution in [2.75, 3.05) is 7.11 Å². The number of benzene rings is 1. The summed E-state index contributed by atoms with van der Waals surface area (Å²) >= 11 is 0. The van der Waals surface area contributed by atoms with Crippen LogP contribution in [-0.4, -0.2) is 29.2 Å². The standard InChI is InChI=1S/C19H24N2O5/c1-12-16(13(2)26-21-12)8-9-17(22)20-19(3,11-18(23)24)14-6-5-7-15(10-14)25-4/h5-7,10H,8-9,11H2,1-4H3,(H,20,22)(H,23,24). The number of aromatic nitrogens is 1. The van der Waals surface area contributed by atoms with E-state index in [1.54, 1.807) is 38.1 Å². The molecule has 0 aliphatic rings. The number of hydrogen-bond acceptors (Lipinski definition) is 5. The summed E-state index contributed by atoms with van der Waals surface area (Å²) in [4.78, 5) is 23.9. The lowest BCUT2D eigenvalue weighted by atomic mass is 9.88. The second kappa shape index (κ2) is 8.03. The van der Waals surface area contributed by atoms with Crippen LogP contribution in [0.4, 0.5) is 0 Å². The van der Waals surface area contributed by atoms with E-state index in [0.29, 0.717) is 23.5 Å². The summed E-state index contributed by atoms with van der Waals surface area (Å²) in [5, 5.41) is 16.0. The zero-order chi connectivity index (χ0) is 19.3. The van der Waals surface area contributed by atoms with Gasteiger partial charge in [0.15, 0.2) is 0 Å². The topological polar surface area (TPSA) is 102 Å². The molecule has 1 heterocycles. The molecule has 26 heavy (non-hydrogen) atoms. The lowest BCUT2D eigenvalue weighted by Crippen LogP contribution is -2.45. The highest BCUT2D eigenvalue weighted by molar-refractivity contribution is 5.79. The van der Waals surface area contributed by atoms with E-state index in [1.807, 2.05) is 6.92 Å². The number of carboxylic acid groups (broad SMARTS) is 1. The first-order valence-corrected chi connectivity index (χ1v) is 8.34. The Morgan fingerprint density at radius 1 is 1.35 bits per heavy atom. The number of ether oxygens (including phenoxy) is 1. The number of nitrogens with one attached hydrogen (secondary N) is 1. The number of rotatable bonds is 8. The highest BCUT2D eigenvalue weighted by Gasteiger charge is 2.32. The summed E-state index contributed by atoms with van der Waals surface area (Å²) in [6, 6.07) is 7.05. The van der Waals surface area contributed by atoms with Gasteiger partial charge in [-0.15, -0.1) is 0 Å². The molecule has 0 bridgehead atoms. The van der Waals surface area contributed by atoms with E-state index in [2.05, 4.69) is 10.5 Å². The summed E-state index contributed by atoms with van der Waals surface area (Å²) in [7, 11) is 1.54. The predicted molar refractivity (Wildman–Crippen MR) is 95.0 cm³/mol. The van der Waals surface area contributed by atoms with E-state index in [4.69, 9.17) is 9.26 Å². The van der Waals surface area contributed by atoms with Gasteiger partial charge in [-0.25, -0.2) is 0 Å². The highest BCUT2D eigenvalue weighted by Crippen LogP contribution is 2.28. The third-order valence-corrected chi connectivity index (χ3v) is 4.41. The summed E-state index contributed by atoms with van der Waals surface area (Å²) in [6.45, 7) is 5.33. The van der Waals surface area contributed by atoms with Crippen LogP contribution in [0.15, 0.2) is 28.8 Å². The largest absolute Gasteiger partial charge is 0.497 e. The first-order chi connectivity index (χ1) is 12.2. The van der Waals surface area contributed by atoms with Crippen molar-refractivity contribution in [2.45, 2.75) is 45.6 Å². The third kappa shape index (κ3) is 4.62. The van der Waals surface area contributed by atoms with E-state index in [0.717, 1.165) is 11.3 Å². The average Bonchev–Trinajstić information content (AvgIpc) is 2.90. The first-order valence-electron chi connectivity index (χ1n) is 8.34. The van der Waals surface area contributed by atoms with Gasteiger partial charge >= 0.3 is 5.97 Å². The number of carbonyl (C=O) groups excluding carboxylic acids is 1. The minimum atomic E-state index is -1.05. The molecule has 140 valence electrons. The molecule has 0 spiro atoms. The van der Waals surface area contributed by atoms with Gasteiger partial charge < -0.3 is 19.7 Å². The van der Waals surface area contributed by atoms with Crippen LogP contribution < -0.4 is 10.1 Å². The molecule has 1 aromatic heterocycles. The van der Waals surface area contributed by atoms with Gasteiger partial charge in [0.1, 0.15) is 11.5 Å². The minimum Gasteiger partial charge on any atom is -0.497 e. The summed E-state index contributed by atoms with van der Waals surface area (Å²) < 4.78 is 10.3. The van der Waals surface area contributed by atoms with Crippen molar-refractivity contribution in [1.82, 2.24) is 10.5 Å². The monoisotopic (exact) mass is 360 g/mol. The number of carboxylic acids is 1. The molecule has 1 atom stereocenters. The molecule has 1 aromatic carbocycles. The van der Waals surface area contributed by atoms with Crippen molar-refractivity contribution < 1.29 is 24.0 Å². The fourth-order valence-corrected chi connectivity index (χ4v) is 2.95. The molecule has 2 N–H and O–H groups in total. The van der Waals surface area contributed by atoms with Gasteiger partial charge in [-0.2, -0.15) is 0 Å². The van der Waals surface area contributed by atoms with Crippen molar-refractivity contribution >= 4 is 11.9 Å². The molecule has 7 nitrogen and oxygen atoms in total. The van der Waals surface area contributed by atoms with Gasteiger partial charge in [0, 0.05) is 12.0 Å². The number of aryl methyl sites for hydroxylation is 2. The number of amides is 1. The highest BCUT2D eigenvalue weighted by atomic mass is 16.5. The normalized spacial score (nSPS) is 13.1. The van der Waals surface area contributed by atoms with Gasteiger partial charge in [0.05, 0.1) is 24.8 Å². The fourth-order valence-electron chi connectivity index (χ4n) is 2.95. The van der Waals surface area contributed by atoms with Gasteiger partial charge in [-0.1, -0.05) is 17.3 Å². The van der Waals surface area contributed by atoms with Gasteiger partial charge in [0.25, 0.3) is 0 Å². The number of hydrogen-bond donors (Lipinski definition) is 2. The van der Waals surface area contributed by atoms with E-state index in [1.165, 1.54) is 7.11 Å². The molecule has 0 aliphatic carbocycles. The lowest BCUT2D eigenvalue weighted by Gasteiger charge is -2.30. The van der Waals surface area contributed by atoms with Crippen molar-refractivity contribution in [3.63, 3.8) is 0 Å². The molecule has 0 aliphatic heterocycles. The maximum Gasteiger partial charge on any atom is 0.306 e. The molecule has 7 heteroatoms. The van der Waals surface area contributed by atoms with Crippen LogP contribution in [0, 0.1) is 13.8 Å². The van der Waals surface area contributed by atoms with Crippen LogP contribution in [0.2, 0.25) is 0 Å². The summed E-state index contributed by atoms with van der Waals surface area (Å²) in [5.74, 6) is 0.0541. The molecule has 0 radical (unpaired) electrons. The Kier molecular flexibility index (Phi) is 6.02. The SMILES string of the molecule is COc1cccc(C(C)(CC(=O)O)NC(=O)CCc2c(C)noc2C)c1. The van der Waals surface area contributed by atoms with Crippen molar-refractivity contribution in [3.8, 4) is 5.75 Å².